The summed E-state index contributed by atoms with van der Waals surface area (Å²) in [5.41, 5.74) is 1.22. The molecule has 0 bridgehead atoms. The van der Waals surface area contributed by atoms with E-state index < -0.39 is 0 Å². The number of anilines is 1. The molecule has 18 heavy (non-hydrogen) atoms. The lowest BCUT2D eigenvalue weighted by Gasteiger charge is -2.15. The Balaban J connectivity index is 2.34. The van der Waals surface area contributed by atoms with Crippen LogP contribution >= 0.6 is 22.6 Å². The van der Waals surface area contributed by atoms with Crippen molar-refractivity contribution in [2.75, 3.05) is 25.6 Å². The highest BCUT2D eigenvalue weighted by atomic mass is 127. The predicted octanol–water partition coefficient (Wildman–Crippen LogP) is 3.14. The minimum Gasteiger partial charge on any atom is -0.384 e. The van der Waals surface area contributed by atoms with Crippen LogP contribution in [-0.4, -0.2) is 30.2 Å². The molecule has 1 aromatic rings. The Morgan fingerprint density at radius 1 is 1.44 bits per heavy atom. The molecule has 1 aromatic heterocycles. The maximum Gasteiger partial charge on any atom is 0.143 e. The number of hydrogen-bond donors (Lipinski definition) is 1. The first kappa shape index (κ1) is 14.0. The highest BCUT2D eigenvalue weighted by Crippen LogP contribution is 2.42. The molecule has 1 aliphatic rings. The summed E-state index contributed by atoms with van der Waals surface area (Å²) in [7, 11) is 1.72. The van der Waals surface area contributed by atoms with Gasteiger partial charge in [0, 0.05) is 25.5 Å². The monoisotopic (exact) mass is 361 g/mol. The van der Waals surface area contributed by atoms with E-state index in [0.29, 0.717) is 12.5 Å². The molecule has 0 saturated heterocycles. The van der Waals surface area contributed by atoms with Gasteiger partial charge in [0.2, 0.25) is 0 Å². The number of rotatable bonds is 6. The molecular weight excluding hydrogens is 341 g/mol. The Morgan fingerprint density at radius 2 is 2.17 bits per heavy atom. The maximum absolute atomic E-state index is 5.20. The van der Waals surface area contributed by atoms with Gasteiger partial charge in [0.1, 0.15) is 11.6 Å². The van der Waals surface area contributed by atoms with Crippen molar-refractivity contribution in [1.82, 2.24) is 9.97 Å². The van der Waals surface area contributed by atoms with Gasteiger partial charge in [0.15, 0.2) is 0 Å². The smallest absolute Gasteiger partial charge is 0.143 e. The summed E-state index contributed by atoms with van der Waals surface area (Å²) < 4.78 is 6.39. The Labute approximate surface area is 122 Å². The molecular formula is C13H20IN3O. The molecule has 100 valence electrons. The van der Waals surface area contributed by atoms with Gasteiger partial charge in [0.05, 0.1) is 15.9 Å². The predicted molar refractivity (Wildman–Crippen MR) is 81.2 cm³/mol. The van der Waals surface area contributed by atoms with Crippen LogP contribution in [0.4, 0.5) is 5.82 Å². The number of methoxy groups -OCH3 is 1. The van der Waals surface area contributed by atoms with E-state index in [0.717, 1.165) is 18.2 Å². The van der Waals surface area contributed by atoms with Gasteiger partial charge in [-0.1, -0.05) is 6.92 Å². The zero-order valence-corrected chi connectivity index (χ0v) is 13.3. The van der Waals surface area contributed by atoms with Gasteiger partial charge < -0.3 is 10.1 Å². The fraction of sp³-hybridized carbons (Fsp3) is 0.692. The molecule has 2 rings (SSSR count). The maximum atomic E-state index is 5.20. The van der Waals surface area contributed by atoms with Gasteiger partial charge in [0.25, 0.3) is 0 Å². The van der Waals surface area contributed by atoms with Gasteiger partial charge in [-0.3, -0.25) is 0 Å². The summed E-state index contributed by atoms with van der Waals surface area (Å²) in [4.78, 5) is 9.40. The molecule has 1 saturated carbocycles. The average Bonchev–Trinajstić information content (AvgIpc) is 3.16. The van der Waals surface area contributed by atoms with Gasteiger partial charge in [-0.15, -0.1) is 0 Å². The molecule has 1 N–H and O–H groups in total. The van der Waals surface area contributed by atoms with Crippen LogP contribution in [-0.2, 0) is 4.74 Å². The minimum absolute atomic E-state index is 0.238. The van der Waals surface area contributed by atoms with E-state index in [9.17, 15) is 0 Å². The molecule has 5 heteroatoms. The summed E-state index contributed by atoms with van der Waals surface area (Å²) in [5.74, 6) is 2.76. The molecule has 1 aliphatic carbocycles. The second kappa shape index (κ2) is 6.14. The molecule has 1 atom stereocenters. The Bertz CT molecular complexity index is 421. The molecule has 0 aromatic carbocycles. The molecule has 0 aliphatic heterocycles. The van der Waals surface area contributed by atoms with Crippen molar-refractivity contribution in [2.45, 2.75) is 38.5 Å². The van der Waals surface area contributed by atoms with E-state index in [4.69, 9.17) is 9.72 Å². The van der Waals surface area contributed by atoms with Crippen molar-refractivity contribution in [3.63, 3.8) is 0 Å². The normalized spacial score (nSPS) is 16.7. The topological polar surface area (TPSA) is 47.0 Å². The van der Waals surface area contributed by atoms with Crippen molar-refractivity contribution in [3.05, 3.63) is 15.1 Å². The second-order valence-corrected chi connectivity index (χ2v) is 5.87. The van der Waals surface area contributed by atoms with E-state index in [1.807, 2.05) is 0 Å². The first-order valence-electron chi connectivity index (χ1n) is 6.47. The third-order valence-corrected chi connectivity index (χ3v) is 4.12. The van der Waals surface area contributed by atoms with E-state index >= 15 is 0 Å². The summed E-state index contributed by atoms with van der Waals surface area (Å²) in [6, 6.07) is 0. The van der Waals surface area contributed by atoms with E-state index in [-0.39, 0.29) is 5.92 Å². The summed E-state index contributed by atoms with van der Waals surface area (Å²) >= 11 is 2.36. The number of nitrogens with zero attached hydrogens (tertiary/aromatic N) is 2. The largest absolute Gasteiger partial charge is 0.384 e. The lowest BCUT2D eigenvalue weighted by molar-refractivity contribution is 0.181. The SMILES string of the molecule is CCNc1nc(C(C)COC)nc(C2CC2)c1I. The third kappa shape index (κ3) is 3.12. The van der Waals surface area contributed by atoms with Crippen LogP contribution in [0.15, 0.2) is 0 Å². The Morgan fingerprint density at radius 3 is 2.72 bits per heavy atom. The van der Waals surface area contributed by atoms with Crippen molar-refractivity contribution >= 4 is 28.4 Å². The number of aromatic nitrogens is 2. The first-order chi connectivity index (χ1) is 8.67. The van der Waals surface area contributed by atoms with Crippen LogP contribution in [0.25, 0.3) is 0 Å². The third-order valence-electron chi connectivity index (χ3n) is 3.06. The van der Waals surface area contributed by atoms with E-state index in [1.165, 1.54) is 22.1 Å². The zero-order chi connectivity index (χ0) is 13.1. The Hall–Kier alpha value is -0.430. The highest BCUT2D eigenvalue weighted by Gasteiger charge is 2.30. The standard InChI is InChI=1S/C13H20IN3O/c1-4-15-13-10(14)11(9-5-6-9)16-12(17-13)8(2)7-18-3/h8-9H,4-7H2,1-3H3,(H,15,16,17). The van der Waals surface area contributed by atoms with Gasteiger partial charge >= 0.3 is 0 Å². The average molecular weight is 361 g/mol. The van der Waals surface area contributed by atoms with Crippen LogP contribution in [0.3, 0.4) is 0 Å². The van der Waals surface area contributed by atoms with E-state index in [2.05, 4.69) is 46.7 Å². The van der Waals surface area contributed by atoms with Crippen LogP contribution in [0.2, 0.25) is 0 Å². The molecule has 0 radical (unpaired) electrons. The fourth-order valence-corrected chi connectivity index (χ4v) is 2.81. The molecule has 1 heterocycles. The molecule has 1 fully saturated rings. The van der Waals surface area contributed by atoms with Gasteiger partial charge in [-0.25, -0.2) is 9.97 Å². The number of halogens is 1. The van der Waals surface area contributed by atoms with Crippen LogP contribution in [0, 0.1) is 3.57 Å². The van der Waals surface area contributed by atoms with Crippen LogP contribution < -0.4 is 5.32 Å². The Kier molecular flexibility index (Phi) is 4.77. The lowest BCUT2D eigenvalue weighted by Crippen LogP contribution is -2.13. The quantitative estimate of drug-likeness (QED) is 0.791. The molecule has 0 amide bonds. The molecule has 1 unspecified atom stereocenters. The van der Waals surface area contributed by atoms with Crippen molar-refractivity contribution in [3.8, 4) is 0 Å². The molecule has 0 spiro atoms. The molecule has 4 nitrogen and oxygen atoms in total. The minimum atomic E-state index is 0.238. The van der Waals surface area contributed by atoms with Crippen LogP contribution in [0.1, 0.15) is 50.0 Å². The van der Waals surface area contributed by atoms with Gasteiger partial charge in [-0.2, -0.15) is 0 Å². The highest BCUT2D eigenvalue weighted by molar-refractivity contribution is 14.1. The summed E-state index contributed by atoms with van der Waals surface area (Å²) in [5, 5.41) is 3.34. The summed E-state index contributed by atoms with van der Waals surface area (Å²) in [6.07, 6.45) is 2.52. The van der Waals surface area contributed by atoms with Gasteiger partial charge in [-0.05, 0) is 42.4 Å². The zero-order valence-electron chi connectivity index (χ0n) is 11.2. The number of nitrogens with one attached hydrogen (secondary N) is 1. The van der Waals surface area contributed by atoms with Crippen LogP contribution in [0.5, 0.6) is 0 Å². The first-order valence-corrected chi connectivity index (χ1v) is 7.55. The number of ether oxygens (including phenoxy) is 1. The lowest BCUT2D eigenvalue weighted by atomic mass is 10.1. The van der Waals surface area contributed by atoms with Crippen molar-refractivity contribution in [2.24, 2.45) is 0 Å². The summed E-state index contributed by atoms with van der Waals surface area (Å²) in [6.45, 7) is 5.75. The van der Waals surface area contributed by atoms with E-state index in [1.54, 1.807) is 7.11 Å². The second-order valence-electron chi connectivity index (χ2n) is 4.79. The van der Waals surface area contributed by atoms with Crippen molar-refractivity contribution in [1.29, 1.82) is 0 Å². The number of hydrogen-bond acceptors (Lipinski definition) is 4. The fourth-order valence-electron chi connectivity index (χ4n) is 1.94. The van der Waals surface area contributed by atoms with Crippen molar-refractivity contribution < 1.29 is 4.74 Å².